The Morgan fingerprint density at radius 3 is 2.56 bits per heavy atom. The fraction of sp³-hybridized carbons (Fsp3) is 0.0769. The molecule has 0 radical (unpaired) electrons. The molecule has 0 aliphatic heterocycles. The molecule has 0 atom stereocenters. The van der Waals surface area contributed by atoms with Crippen LogP contribution in [-0.4, -0.2) is 10.9 Å². The molecule has 18 heavy (non-hydrogen) atoms. The molecule has 0 saturated heterocycles. The van der Waals surface area contributed by atoms with Crippen LogP contribution in [0, 0.1) is 5.82 Å². The molecule has 1 aromatic heterocycles. The number of carbonyl (C=O) groups excluding carboxylic acids is 1. The summed E-state index contributed by atoms with van der Waals surface area (Å²) in [5.41, 5.74) is 1.32. The van der Waals surface area contributed by atoms with E-state index in [0.29, 0.717) is 10.8 Å². The summed E-state index contributed by atoms with van der Waals surface area (Å²) in [6, 6.07) is 8.96. The van der Waals surface area contributed by atoms with E-state index in [1.807, 2.05) is 0 Å². The largest absolute Gasteiger partial charge is 0.326 e. The normalized spacial score (nSPS) is 10.1. The number of amides is 1. The first-order valence-electron chi connectivity index (χ1n) is 5.29. The molecule has 92 valence electrons. The van der Waals surface area contributed by atoms with Crippen molar-refractivity contribution >= 4 is 23.2 Å². The van der Waals surface area contributed by atoms with Gasteiger partial charge in [-0.2, -0.15) is 0 Å². The van der Waals surface area contributed by atoms with Crippen molar-refractivity contribution in [3.63, 3.8) is 0 Å². The van der Waals surface area contributed by atoms with Gasteiger partial charge in [0.15, 0.2) is 0 Å². The van der Waals surface area contributed by atoms with Gasteiger partial charge in [0.25, 0.3) is 0 Å². The van der Waals surface area contributed by atoms with Crippen LogP contribution in [-0.2, 0) is 11.2 Å². The van der Waals surface area contributed by atoms with Crippen molar-refractivity contribution in [1.82, 2.24) is 4.98 Å². The molecule has 0 fully saturated rings. The summed E-state index contributed by atoms with van der Waals surface area (Å²) >= 11 is 5.65. The number of hydrogen-bond acceptors (Lipinski definition) is 2. The highest BCUT2D eigenvalue weighted by molar-refractivity contribution is 6.29. The lowest BCUT2D eigenvalue weighted by Gasteiger charge is -2.05. The van der Waals surface area contributed by atoms with E-state index in [1.54, 1.807) is 18.3 Å². The summed E-state index contributed by atoms with van der Waals surface area (Å²) in [7, 11) is 0. The molecule has 0 unspecified atom stereocenters. The Morgan fingerprint density at radius 1 is 1.22 bits per heavy atom. The lowest BCUT2D eigenvalue weighted by Crippen LogP contribution is -2.14. The van der Waals surface area contributed by atoms with Crippen LogP contribution < -0.4 is 5.32 Å². The monoisotopic (exact) mass is 264 g/mol. The van der Waals surface area contributed by atoms with E-state index in [4.69, 9.17) is 11.6 Å². The summed E-state index contributed by atoms with van der Waals surface area (Å²) < 4.78 is 12.7. The molecule has 1 N–H and O–H groups in total. The van der Waals surface area contributed by atoms with Crippen molar-refractivity contribution in [3.05, 3.63) is 59.1 Å². The maximum Gasteiger partial charge on any atom is 0.228 e. The second kappa shape index (κ2) is 5.60. The zero-order valence-electron chi connectivity index (χ0n) is 9.36. The number of hydrogen-bond donors (Lipinski definition) is 1. The van der Waals surface area contributed by atoms with Crippen molar-refractivity contribution in [2.75, 3.05) is 5.32 Å². The van der Waals surface area contributed by atoms with Gasteiger partial charge in [0.1, 0.15) is 11.0 Å². The SMILES string of the molecule is O=C(Cc1ccc(Cl)nc1)Nc1ccc(F)cc1. The van der Waals surface area contributed by atoms with E-state index < -0.39 is 0 Å². The molecule has 5 heteroatoms. The third kappa shape index (κ3) is 3.53. The quantitative estimate of drug-likeness (QED) is 0.866. The third-order valence-corrected chi connectivity index (χ3v) is 2.50. The molecule has 0 aliphatic carbocycles. The molecule has 0 spiro atoms. The van der Waals surface area contributed by atoms with E-state index in [1.165, 1.54) is 24.3 Å². The Kier molecular flexibility index (Phi) is 3.89. The Morgan fingerprint density at radius 2 is 1.94 bits per heavy atom. The molecule has 0 saturated carbocycles. The molecule has 0 bridgehead atoms. The van der Waals surface area contributed by atoms with Gasteiger partial charge >= 0.3 is 0 Å². The summed E-state index contributed by atoms with van der Waals surface area (Å²) in [6.07, 6.45) is 1.74. The number of carbonyl (C=O) groups is 1. The van der Waals surface area contributed by atoms with Crippen LogP contribution in [0.25, 0.3) is 0 Å². The highest BCUT2D eigenvalue weighted by Crippen LogP contribution is 2.10. The average molecular weight is 265 g/mol. The Balaban J connectivity index is 1.96. The molecular formula is C13H10ClFN2O. The van der Waals surface area contributed by atoms with E-state index in [-0.39, 0.29) is 18.1 Å². The third-order valence-electron chi connectivity index (χ3n) is 2.28. The van der Waals surface area contributed by atoms with Crippen LogP contribution in [0.2, 0.25) is 5.15 Å². The first-order chi connectivity index (χ1) is 8.63. The van der Waals surface area contributed by atoms with Gasteiger partial charge in [0, 0.05) is 11.9 Å². The number of anilines is 1. The number of halogens is 2. The standard InChI is InChI=1S/C13H10ClFN2O/c14-12-6-1-9(8-16-12)7-13(18)17-11-4-2-10(15)3-5-11/h1-6,8H,7H2,(H,17,18). The Hall–Kier alpha value is -1.94. The summed E-state index contributed by atoms with van der Waals surface area (Å²) in [4.78, 5) is 15.6. The second-order valence-corrected chi connectivity index (χ2v) is 4.11. The zero-order chi connectivity index (χ0) is 13.0. The minimum atomic E-state index is -0.338. The highest BCUT2D eigenvalue weighted by atomic mass is 35.5. The number of nitrogens with zero attached hydrogens (tertiary/aromatic N) is 1. The molecule has 1 amide bonds. The highest BCUT2D eigenvalue weighted by Gasteiger charge is 2.04. The maximum absolute atomic E-state index is 12.7. The predicted octanol–water partition coefficient (Wildman–Crippen LogP) is 3.06. The lowest BCUT2D eigenvalue weighted by molar-refractivity contribution is -0.115. The van der Waals surface area contributed by atoms with Crippen molar-refractivity contribution in [1.29, 1.82) is 0 Å². The molecule has 1 heterocycles. The minimum absolute atomic E-state index is 0.189. The van der Waals surface area contributed by atoms with Gasteiger partial charge in [-0.25, -0.2) is 9.37 Å². The Labute approximate surface area is 109 Å². The minimum Gasteiger partial charge on any atom is -0.326 e. The predicted molar refractivity (Wildman–Crippen MR) is 68.0 cm³/mol. The molecule has 2 rings (SSSR count). The van der Waals surface area contributed by atoms with Crippen LogP contribution in [0.15, 0.2) is 42.6 Å². The maximum atomic E-state index is 12.7. The fourth-order valence-corrected chi connectivity index (χ4v) is 1.55. The van der Waals surface area contributed by atoms with Gasteiger partial charge in [-0.3, -0.25) is 4.79 Å². The van der Waals surface area contributed by atoms with Crippen LogP contribution in [0.4, 0.5) is 10.1 Å². The van der Waals surface area contributed by atoms with Crippen molar-refractivity contribution in [2.45, 2.75) is 6.42 Å². The van der Waals surface area contributed by atoms with E-state index in [9.17, 15) is 9.18 Å². The fourth-order valence-electron chi connectivity index (χ4n) is 1.43. The van der Waals surface area contributed by atoms with Gasteiger partial charge in [-0.15, -0.1) is 0 Å². The van der Waals surface area contributed by atoms with Crippen LogP contribution in [0.5, 0.6) is 0 Å². The summed E-state index contributed by atoms with van der Waals surface area (Å²) in [5, 5.41) is 3.05. The first-order valence-corrected chi connectivity index (χ1v) is 5.67. The topological polar surface area (TPSA) is 42.0 Å². The van der Waals surface area contributed by atoms with E-state index in [0.717, 1.165) is 5.56 Å². The number of pyridine rings is 1. The van der Waals surface area contributed by atoms with E-state index in [2.05, 4.69) is 10.3 Å². The molecule has 0 aliphatic rings. The molecule has 3 nitrogen and oxygen atoms in total. The first kappa shape index (κ1) is 12.5. The van der Waals surface area contributed by atoms with Gasteiger partial charge in [0.05, 0.1) is 6.42 Å². The van der Waals surface area contributed by atoms with Crippen LogP contribution in [0.3, 0.4) is 0 Å². The van der Waals surface area contributed by atoms with Crippen molar-refractivity contribution in [3.8, 4) is 0 Å². The number of nitrogens with one attached hydrogen (secondary N) is 1. The van der Waals surface area contributed by atoms with Crippen molar-refractivity contribution < 1.29 is 9.18 Å². The number of aromatic nitrogens is 1. The van der Waals surface area contributed by atoms with Crippen LogP contribution in [0.1, 0.15) is 5.56 Å². The average Bonchev–Trinajstić information content (AvgIpc) is 2.35. The summed E-state index contributed by atoms with van der Waals surface area (Å²) in [5.74, 6) is -0.527. The molecular weight excluding hydrogens is 255 g/mol. The van der Waals surface area contributed by atoms with Gasteiger partial charge in [-0.05, 0) is 35.9 Å². The Bertz CT molecular complexity index is 490. The van der Waals surface area contributed by atoms with Crippen molar-refractivity contribution in [2.24, 2.45) is 0 Å². The zero-order valence-corrected chi connectivity index (χ0v) is 10.1. The molecule has 1 aromatic carbocycles. The lowest BCUT2D eigenvalue weighted by atomic mass is 10.2. The second-order valence-electron chi connectivity index (χ2n) is 3.72. The molecule has 2 aromatic rings. The number of benzene rings is 1. The smallest absolute Gasteiger partial charge is 0.228 e. The summed E-state index contributed by atoms with van der Waals surface area (Å²) in [6.45, 7) is 0. The number of rotatable bonds is 3. The van der Waals surface area contributed by atoms with Crippen LogP contribution >= 0.6 is 11.6 Å². The van der Waals surface area contributed by atoms with Gasteiger partial charge in [-0.1, -0.05) is 17.7 Å². The van der Waals surface area contributed by atoms with E-state index >= 15 is 0 Å². The van der Waals surface area contributed by atoms with Gasteiger partial charge in [0.2, 0.25) is 5.91 Å². The van der Waals surface area contributed by atoms with Gasteiger partial charge < -0.3 is 5.32 Å².